The van der Waals surface area contributed by atoms with Gasteiger partial charge in [-0.2, -0.15) is 19.9 Å². The number of anilines is 2. The van der Waals surface area contributed by atoms with E-state index in [0.29, 0.717) is 0 Å². The predicted molar refractivity (Wildman–Crippen MR) is 114 cm³/mol. The summed E-state index contributed by atoms with van der Waals surface area (Å²) in [5.41, 5.74) is 2.37. The number of carbonyl (C=O) groups excluding carboxylic acids is 4. The summed E-state index contributed by atoms with van der Waals surface area (Å²) in [5.74, 6) is -3.77. The molecule has 0 fully saturated rings. The quantitative estimate of drug-likeness (QED) is 0.588. The van der Waals surface area contributed by atoms with Gasteiger partial charge in [0.05, 0.1) is 0 Å². The van der Waals surface area contributed by atoms with E-state index in [1.807, 2.05) is 0 Å². The van der Waals surface area contributed by atoms with Crippen LogP contribution in [0.3, 0.4) is 0 Å². The van der Waals surface area contributed by atoms with Crippen molar-refractivity contribution >= 4 is 47.1 Å². The number of rotatable bonds is 5. The second-order valence-electron chi connectivity index (χ2n) is 6.68. The first kappa shape index (κ1) is 21.2. The molecule has 2 aromatic rings. The van der Waals surface area contributed by atoms with E-state index in [9.17, 15) is 19.2 Å². The molecule has 0 spiro atoms. The van der Waals surface area contributed by atoms with E-state index < -0.39 is 29.9 Å². The molecule has 1 atom stereocenters. The van der Waals surface area contributed by atoms with E-state index in [2.05, 4.69) is 56.7 Å². The fourth-order valence-corrected chi connectivity index (χ4v) is 3.01. The molecule has 1 unspecified atom stereocenters. The highest BCUT2D eigenvalue weighted by Crippen LogP contribution is 2.26. The number of nitrogens with one attached hydrogen (secondary N) is 1. The first-order valence-corrected chi connectivity index (χ1v) is 9.28. The average molecular weight is 448 g/mol. The smallest absolute Gasteiger partial charge is 0.265 e. The SMILES string of the molecule is C=CC(=O)N1c2nc3nc(n2)n(C(=O)C=C)c2nc(n3C(=O)C=C)N(NC(=O)C(=C)C)C1N=2. The molecule has 2 aromatic heterocycles. The summed E-state index contributed by atoms with van der Waals surface area (Å²) in [6.07, 6.45) is 1.57. The van der Waals surface area contributed by atoms with Crippen LogP contribution in [0.1, 0.15) is 16.5 Å². The Morgan fingerprint density at radius 1 is 0.879 bits per heavy atom. The minimum Gasteiger partial charge on any atom is -0.269 e. The van der Waals surface area contributed by atoms with Crippen LogP contribution in [0.25, 0.3) is 11.6 Å². The highest BCUT2D eigenvalue weighted by atomic mass is 16.2. The fraction of sp³-hybridized carbons (Fsp3) is 0.105. The summed E-state index contributed by atoms with van der Waals surface area (Å²) in [7, 11) is 0. The number of hydrazine groups is 1. The zero-order valence-electron chi connectivity index (χ0n) is 17.3. The molecule has 0 radical (unpaired) electrons. The Hall–Kier alpha value is -5.01. The lowest BCUT2D eigenvalue weighted by molar-refractivity contribution is -0.118. The second-order valence-corrected chi connectivity index (χ2v) is 6.68. The van der Waals surface area contributed by atoms with Gasteiger partial charge in [0, 0.05) is 5.57 Å². The van der Waals surface area contributed by atoms with Gasteiger partial charge in [-0.1, -0.05) is 26.3 Å². The molecule has 166 valence electrons. The third-order valence-corrected chi connectivity index (χ3v) is 4.54. The molecule has 5 rings (SSSR count). The third kappa shape index (κ3) is 3.16. The highest BCUT2D eigenvalue weighted by Gasteiger charge is 2.40. The second kappa shape index (κ2) is 7.60. The lowest BCUT2D eigenvalue weighted by atomic mass is 10.3. The fourth-order valence-electron chi connectivity index (χ4n) is 3.01. The van der Waals surface area contributed by atoms with Gasteiger partial charge < -0.3 is 0 Å². The van der Waals surface area contributed by atoms with E-state index in [1.54, 1.807) is 0 Å². The van der Waals surface area contributed by atoms with Crippen LogP contribution in [0.15, 0.2) is 55.1 Å². The van der Waals surface area contributed by atoms with Crippen molar-refractivity contribution in [2.45, 2.75) is 13.2 Å². The number of aromatic nitrogens is 6. The van der Waals surface area contributed by atoms with Gasteiger partial charge in [0.2, 0.25) is 35.4 Å². The maximum atomic E-state index is 12.8. The number of hydrogen-bond acceptors (Lipinski definition) is 10. The molecular weight excluding hydrogens is 432 g/mol. The Kier molecular flexibility index (Phi) is 4.89. The number of allylic oxidation sites excluding steroid dienone is 2. The average Bonchev–Trinajstić information content (AvgIpc) is 2.79. The lowest BCUT2D eigenvalue weighted by Gasteiger charge is -2.39. The number of hydrogen-bond donors (Lipinski definition) is 1. The summed E-state index contributed by atoms with van der Waals surface area (Å²) >= 11 is 0. The number of nitrogens with zero attached hydrogens (tertiary/aromatic N) is 9. The van der Waals surface area contributed by atoms with E-state index >= 15 is 0 Å². The Bertz CT molecular complexity index is 1430. The highest BCUT2D eigenvalue weighted by molar-refractivity contribution is 6.02. The van der Waals surface area contributed by atoms with Crippen LogP contribution in [0.4, 0.5) is 11.9 Å². The first-order chi connectivity index (χ1) is 15.7. The van der Waals surface area contributed by atoms with Crippen molar-refractivity contribution in [3.8, 4) is 0 Å². The van der Waals surface area contributed by atoms with Crippen molar-refractivity contribution in [3.63, 3.8) is 0 Å². The van der Waals surface area contributed by atoms with E-state index in [1.165, 1.54) is 6.92 Å². The van der Waals surface area contributed by atoms with Crippen molar-refractivity contribution < 1.29 is 19.2 Å². The van der Waals surface area contributed by atoms with Gasteiger partial charge in [-0.3, -0.25) is 24.6 Å². The largest absolute Gasteiger partial charge is 0.269 e. The first-order valence-electron chi connectivity index (χ1n) is 9.28. The minimum absolute atomic E-state index is 0.119. The van der Waals surface area contributed by atoms with Gasteiger partial charge in [0.1, 0.15) is 0 Å². The molecule has 6 bridgehead atoms. The maximum absolute atomic E-state index is 12.8. The molecule has 14 nitrogen and oxygen atoms in total. The van der Waals surface area contributed by atoms with Gasteiger partial charge in [-0.25, -0.2) is 24.0 Å². The molecule has 1 N–H and O–H groups in total. The molecule has 0 saturated carbocycles. The molecule has 0 aliphatic carbocycles. The van der Waals surface area contributed by atoms with Crippen molar-refractivity contribution in [1.29, 1.82) is 0 Å². The zero-order chi connectivity index (χ0) is 24.0. The number of amides is 2. The van der Waals surface area contributed by atoms with Crippen LogP contribution in [-0.2, 0) is 9.59 Å². The molecule has 3 aliphatic heterocycles. The van der Waals surface area contributed by atoms with Crippen LogP contribution in [-0.4, -0.2) is 59.0 Å². The normalized spacial score (nSPS) is 15.0. The Labute approximate surface area is 185 Å². The topological polar surface area (TPSA) is 161 Å². The van der Waals surface area contributed by atoms with Crippen LogP contribution in [0.2, 0.25) is 0 Å². The van der Waals surface area contributed by atoms with Gasteiger partial charge in [0.15, 0.2) is 0 Å². The van der Waals surface area contributed by atoms with E-state index in [0.717, 1.165) is 37.3 Å². The summed E-state index contributed by atoms with van der Waals surface area (Å²) in [5, 5.41) is 1.04. The van der Waals surface area contributed by atoms with Crippen molar-refractivity contribution in [2.24, 2.45) is 4.99 Å². The van der Waals surface area contributed by atoms with E-state index in [-0.39, 0.29) is 34.6 Å². The van der Waals surface area contributed by atoms with Crippen LogP contribution in [0, 0.1) is 0 Å². The van der Waals surface area contributed by atoms with Gasteiger partial charge in [-0.15, -0.1) is 0 Å². The van der Waals surface area contributed by atoms with Gasteiger partial charge in [0.25, 0.3) is 23.6 Å². The van der Waals surface area contributed by atoms with Gasteiger partial charge in [-0.05, 0) is 25.2 Å². The Morgan fingerprint density at radius 3 is 2.03 bits per heavy atom. The van der Waals surface area contributed by atoms with Crippen LogP contribution >= 0.6 is 0 Å². The zero-order valence-corrected chi connectivity index (χ0v) is 17.3. The maximum Gasteiger partial charge on any atom is 0.265 e. The molecule has 0 saturated heterocycles. The predicted octanol–water partition coefficient (Wildman–Crippen LogP) is -0.618. The van der Waals surface area contributed by atoms with Crippen LogP contribution < -0.4 is 21.0 Å². The van der Waals surface area contributed by atoms with Crippen molar-refractivity contribution in [1.82, 2.24) is 34.5 Å². The lowest BCUT2D eigenvalue weighted by Crippen LogP contribution is -2.62. The standard InChI is InChI=1S/C19H16N10O4/c1-6-10(30)26-14-20-15-22-16(21-14)28(12(32)8-3)19-24-17(26)23-18(27(15)11(31)7-2)29(19)25-13(33)9(4)5/h6-8,18H,1-4H2,5H3,(H,25,33). The molecule has 0 aromatic carbocycles. The summed E-state index contributed by atoms with van der Waals surface area (Å²) in [4.78, 5) is 73.0. The summed E-state index contributed by atoms with van der Waals surface area (Å²) in [6.45, 7) is 15.4. The molecule has 3 aliphatic rings. The molecule has 2 amide bonds. The van der Waals surface area contributed by atoms with Crippen LogP contribution in [0.5, 0.6) is 0 Å². The monoisotopic (exact) mass is 448 g/mol. The van der Waals surface area contributed by atoms with E-state index in [4.69, 9.17) is 0 Å². The van der Waals surface area contributed by atoms with Gasteiger partial charge >= 0.3 is 0 Å². The third-order valence-electron chi connectivity index (χ3n) is 4.54. The molecule has 33 heavy (non-hydrogen) atoms. The molecular formula is C19H16N10O4. The molecule has 14 heteroatoms. The van der Waals surface area contributed by atoms with Crippen molar-refractivity contribution in [3.05, 3.63) is 55.7 Å². The number of carbonyl (C=O) groups is 4. The summed E-state index contributed by atoms with van der Waals surface area (Å²) < 4.78 is 1.88. The van der Waals surface area contributed by atoms with Crippen molar-refractivity contribution in [2.75, 3.05) is 9.91 Å². The Balaban J connectivity index is 2.23. The minimum atomic E-state index is -1.40. The molecule has 5 heterocycles. The Morgan fingerprint density at radius 2 is 1.45 bits per heavy atom. The summed E-state index contributed by atoms with van der Waals surface area (Å²) in [6, 6.07) is 0.